The average Bonchev–Trinajstić information content (AvgIpc) is 2.18. The fraction of sp³-hybridized carbons (Fsp3) is 0. The maximum atomic E-state index is 11.3. The third kappa shape index (κ3) is 3.90. The van der Waals surface area contributed by atoms with E-state index in [-0.39, 0.29) is 0 Å². The molecular formula is C9H7BrN2O3. The van der Waals surface area contributed by atoms with Gasteiger partial charge in [-0.2, -0.15) is 5.10 Å². The van der Waals surface area contributed by atoms with Gasteiger partial charge in [-0.25, -0.2) is 10.2 Å². The second-order valence-corrected chi connectivity index (χ2v) is 3.46. The van der Waals surface area contributed by atoms with E-state index in [0.717, 1.165) is 4.47 Å². The number of hydrogen-bond donors (Lipinski definition) is 2. The molecule has 2 N–H and O–H groups in total. The summed E-state index contributed by atoms with van der Waals surface area (Å²) in [6.07, 6.45) is 0.608. The van der Waals surface area contributed by atoms with E-state index in [1.807, 2.05) is 0 Å². The van der Waals surface area contributed by atoms with Crippen molar-refractivity contribution < 1.29 is 14.7 Å². The summed E-state index contributed by atoms with van der Waals surface area (Å²) in [5.74, 6) is -1.67. The van der Waals surface area contributed by atoms with Crippen molar-refractivity contribution in [1.29, 1.82) is 0 Å². The molecule has 0 unspecified atom stereocenters. The Morgan fingerprint density at radius 3 is 2.47 bits per heavy atom. The number of hydrazone groups is 1. The molecule has 0 aliphatic rings. The van der Waals surface area contributed by atoms with Crippen molar-refractivity contribution in [3.63, 3.8) is 0 Å². The summed E-state index contributed by atoms with van der Waals surface area (Å²) in [5, 5.41) is 11.5. The van der Waals surface area contributed by atoms with Crippen LogP contribution in [0.15, 0.2) is 33.8 Å². The Balaban J connectivity index is 2.62. The van der Waals surface area contributed by atoms with E-state index < -0.39 is 11.9 Å². The van der Waals surface area contributed by atoms with E-state index in [1.54, 1.807) is 24.3 Å². The van der Waals surface area contributed by atoms with Crippen LogP contribution >= 0.6 is 15.9 Å². The van der Waals surface area contributed by atoms with Gasteiger partial charge in [0, 0.05) is 10.0 Å². The van der Waals surface area contributed by atoms with E-state index in [1.165, 1.54) is 0 Å². The molecule has 0 saturated heterocycles. The smallest absolute Gasteiger partial charge is 0.348 e. The third-order valence-electron chi connectivity index (χ3n) is 1.45. The van der Waals surface area contributed by atoms with E-state index in [0.29, 0.717) is 11.8 Å². The molecule has 1 rings (SSSR count). The second-order valence-electron chi connectivity index (χ2n) is 2.54. The van der Waals surface area contributed by atoms with Crippen LogP contribution < -0.4 is 5.43 Å². The highest BCUT2D eigenvalue weighted by molar-refractivity contribution is 9.10. The summed E-state index contributed by atoms with van der Waals surface area (Å²) in [4.78, 5) is 21.4. The van der Waals surface area contributed by atoms with Crippen molar-refractivity contribution in [2.45, 2.75) is 0 Å². The molecule has 78 valence electrons. The van der Waals surface area contributed by atoms with Crippen LogP contribution in [0.1, 0.15) is 10.4 Å². The van der Waals surface area contributed by atoms with Crippen molar-refractivity contribution in [2.75, 3.05) is 0 Å². The molecule has 0 fully saturated rings. The van der Waals surface area contributed by atoms with Crippen LogP contribution in [-0.2, 0) is 4.79 Å². The molecule has 0 spiro atoms. The molecule has 15 heavy (non-hydrogen) atoms. The van der Waals surface area contributed by atoms with Crippen LogP contribution in [0.3, 0.4) is 0 Å². The topological polar surface area (TPSA) is 78.8 Å². The summed E-state index contributed by atoms with van der Waals surface area (Å²) >= 11 is 3.23. The number of amides is 1. The summed E-state index contributed by atoms with van der Waals surface area (Å²) in [6, 6.07) is 6.59. The number of carbonyl (C=O) groups is 2. The molecule has 6 heteroatoms. The highest BCUT2D eigenvalue weighted by Crippen LogP contribution is 2.10. The number of rotatable bonds is 3. The Kier molecular flexibility index (Phi) is 3.99. The van der Waals surface area contributed by atoms with Crippen LogP contribution in [0.2, 0.25) is 0 Å². The molecule has 1 aromatic carbocycles. The Labute approximate surface area is 93.9 Å². The second kappa shape index (κ2) is 5.26. The van der Waals surface area contributed by atoms with E-state index >= 15 is 0 Å². The van der Waals surface area contributed by atoms with Gasteiger partial charge in [0.05, 0.1) is 0 Å². The zero-order valence-electron chi connectivity index (χ0n) is 7.48. The minimum absolute atomic E-state index is 0.403. The van der Waals surface area contributed by atoms with Gasteiger partial charge in [0.25, 0.3) is 5.91 Å². The monoisotopic (exact) mass is 270 g/mol. The number of aliphatic carboxylic acids is 1. The average molecular weight is 271 g/mol. The molecule has 0 heterocycles. The third-order valence-corrected chi connectivity index (χ3v) is 1.98. The molecule has 0 aliphatic carbocycles. The maximum absolute atomic E-state index is 11.3. The number of benzene rings is 1. The van der Waals surface area contributed by atoms with E-state index in [2.05, 4.69) is 26.5 Å². The Morgan fingerprint density at radius 2 is 1.93 bits per heavy atom. The van der Waals surface area contributed by atoms with Crippen LogP contribution in [-0.4, -0.2) is 23.2 Å². The highest BCUT2D eigenvalue weighted by Gasteiger charge is 2.02. The minimum atomic E-state index is -1.22. The van der Waals surface area contributed by atoms with Crippen molar-refractivity contribution in [3.05, 3.63) is 34.3 Å². The highest BCUT2D eigenvalue weighted by atomic mass is 79.9. The molecule has 0 radical (unpaired) electrons. The lowest BCUT2D eigenvalue weighted by Crippen LogP contribution is -2.18. The number of hydrogen-bond acceptors (Lipinski definition) is 3. The first-order valence-corrected chi connectivity index (χ1v) is 4.71. The predicted octanol–water partition coefficient (Wildman–Crippen LogP) is 1.25. The fourth-order valence-electron chi connectivity index (χ4n) is 0.812. The van der Waals surface area contributed by atoms with Gasteiger partial charge >= 0.3 is 5.97 Å². The first kappa shape index (κ1) is 11.4. The fourth-order valence-corrected chi connectivity index (χ4v) is 1.08. The first-order chi connectivity index (χ1) is 7.09. The van der Waals surface area contributed by atoms with Gasteiger partial charge in [-0.3, -0.25) is 4.79 Å². The SMILES string of the molecule is O=C(O)/C=N\NC(=O)c1ccc(Br)cc1. The van der Waals surface area contributed by atoms with Crippen molar-refractivity contribution in [3.8, 4) is 0 Å². The number of carboxylic acids is 1. The van der Waals surface area contributed by atoms with Crippen LogP contribution in [0.5, 0.6) is 0 Å². The lowest BCUT2D eigenvalue weighted by molar-refractivity contribution is -0.128. The molecule has 1 amide bonds. The number of carboxylic acid groups (broad SMARTS) is 1. The summed E-state index contributed by atoms with van der Waals surface area (Å²) in [5.41, 5.74) is 2.49. The van der Waals surface area contributed by atoms with Gasteiger partial charge < -0.3 is 5.11 Å². The predicted molar refractivity (Wildman–Crippen MR) is 57.7 cm³/mol. The van der Waals surface area contributed by atoms with Gasteiger partial charge in [-0.1, -0.05) is 15.9 Å². The number of nitrogens with zero attached hydrogens (tertiary/aromatic N) is 1. The van der Waals surface area contributed by atoms with Crippen molar-refractivity contribution in [1.82, 2.24) is 5.43 Å². The lowest BCUT2D eigenvalue weighted by Gasteiger charge is -1.98. The molecule has 0 aliphatic heterocycles. The van der Waals surface area contributed by atoms with Gasteiger partial charge in [0.15, 0.2) is 0 Å². The zero-order valence-corrected chi connectivity index (χ0v) is 9.06. The van der Waals surface area contributed by atoms with E-state index in [9.17, 15) is 9.59 Å². The summed E-state index contributed by atoms with van der Waals surface area (Å²) in [7, 11) is 0. The van der Waals surface area contributed by atoms with Crippen LogP contribution in [0.25, 0.3) is 0 Å². The first-order valence-electron chi connectivity index (χ1n) is 3.91. The van der Waals surface area contributed by atoms with E-state index in [4.69, 9.17) is 5.11 Å². The van der Waals surface area contributed by atoms with Gasteiger partial charge in [-0.15, -0.1) is 0 Å². The molecule has 5 nitrogen and oxygen atoms in total. The zero-order chi connectivity index (χ0) is 11.3. The molecule has 0 bridgehead atoms. The molecule has 1 aromatic rings. The van der Waals surface area contributed by atoms with Gasteiger partial charge in [0.2, 0.25) is 0 Å². The minimum Gasteiger partial charge on any atom is -0.477 e. The number of carbonyl (C=O) groups excluding carboxylic acids is 1. The molecular weight excluding hydrogens is 264 g/mol. The Hall–Kier alpha value is -1.69. The van der Waals surface area contributed by atoms with Crippen LogP contribution in [0.4, 0.5) is 0 Å². The number of halogens is 1. The summed E-state index contributed by atoms with van der Waals surface area (Å²) in [6.45, 7) is 0. The molecule has 0 aromatic heterocycles. The van der Waals surface area contributed by atoms with Crippen LogP contribution in [0, 0.1) is 0 Å². The summed E-state index contributed by atoms with van der Waals surface area (Å²) < 4.78 is 0.855. The van der Waals surface area contributed by atoms with Crippen molar-refractivity contribution in [2.24, 2.45) is 5.10 Å². The Bertz CT molecular complexity index is 400. The van der Waals surface area contributed by atoms with Crippen molar-refractivity contribution >= 4 is 34.0 Å². The normalized spacial score (nSPS) is 10.2. The van der Waals surface area contributed by atoms with Gasteiger partial charge in [0.1, 0.15) is 6.21 Å². The standard InChI is InChI=1S/C9H7BrN2O3/c10-7-3-1-6(2-4-7)9(15)12-11-5-8(13)14/h1-5H,(H,12,15)(H,13,14)/b11-5-. The van der Waals surface area contributed by atoms with Gasteiger partial charge in [-0.05, 0) is 24.3 Å². The number of nitrogens with one attached hydrogen (secondary N) is 1. The lowest BCUT2D eigenvalue weighted by atomic mass is 10.2. The quantitative estimate of drug-likeness (QED) is 0.641. The maximum Gasteiger partial charge on any atom is 0.348 e. The molecule has 0 atom stereocenters. The molecule has 0 saturated carbocycles. The Morgan fingerprint density at radius 1 is 1.33 bits per heavy atom. The largest absolute Gasteiger partial charge is 0.477 e.